The van der Waals surface area contributed by atoms with E-state index in [4.69, 9.17) is 4.74 Å². The zero-order valence-electron chi connectivity index (χ0n) is 12.5. The average molecular weight is 289 g/mol. The van der Waals surface area contributed by atoms with Crippen molar-refractivity contribution in [3.05, 3.63) is 29.7 Å². The highest BCUT2D eigenvalue weighted by atomic mass is 16.5. The molecule has 2 aromatic rings. The first-order chi connectivity index (χ1) is 10.2. The maximum Gasteiger partial charge on any atom is 0.341 e. The molecule has 0 bridgehead atoms. The molecule has 2 rings (SSSR count). The van der Waals surface area contributed by atoms with Crippen LogP contribution in [0.15, 0.2) is 18.6 Å². The molecule has 0 aliphatic heterocycles. The third-order valence-electron chi connectivity index (χ3n) is 2.79. The first-order valence-electron chi connectivity index (χ1n) is 6.95. The van der Waals surface area contributed by atoms with Crippen LogP contribution in [0.25, 0.3) is 5.82 Å². The first kappa shape index (κ1) is 15.0. The van der Waals surface area contributed by atoms with Crippen molar-refractivity contribution in [1.82, 2.24) is 19.7 Å². The van der Waals surface area contributed by atoms with Crippen molar-refractivity contribution >= 4 is 11.9 Å². The highest BCUT2D eigenvalue weighted by Crippen LogP contribution is 2.13. The van der Waals surface area contributed by atoms with E-state index in [1.54, 1.807) is 24.0 Å². The Kier molecular flexibility index (Phi) is 4.86. The lowest BCUT2D eigenvalue weighted by atomic mass is 10.3. The molecule has 0 unspecified atom stereocenters. The molecule has 0 spiro atoms. The number of ether oxygens (including phenoxy) is 1. The minimum absolute atomic E-state index is 0.335. The van der Waals surface area contributed by atoms with Gasteiger partial charge in [0.1, 0.15) is 0 Å². The summed E-state index contributed by atoms with van der Waals surface area (Å²) in [5.74, 6) is 0.796. The molecule has 0 aromatic carbocycles. The molecule has 0 aliphatic rings. The third-order valence-corrected chi connectivity index (χ3v) is 2.79. The normalized spacial score (nSPS) is 10.4. The smallest absolute Gasteiger partial charge is 0.341 e. The molecule has 21 heavy (non-hydrogen) atoms. The first-order valence-corrected chi connectivity index (χ1v) is 6.95. The third kappa shape index (κ3) is 3.56. The number of nitrogens with one attached hydrogen (secondary N) is 1. The molecule has 0 radical (unpaired) electrons. The van der Waals surface area contributed by atoms with Crippen LogP contribution in [0.2, 0.25) is 0 Å². The van der Waals surface area contributed by atoms with Crippen molar-refractivity contribution < 1.29 is 9.53 Å². The number of hydrogen-bond acceptors (Lipinski definition) is 6. The number of anilines is 1. The van der Waals surface area contributed by atoms with Gasteiger partial charge < -0.3 is 10.1 Å². The van der Waals surface area contributed by atoms with Crippen LogP contribution in [0.3, 0.4) is 0 Å². The number of esters is 1. The molecular formula is C14H19N5O2. The number of carbonyl (C=O) groups is 1. The van der Waals surface area contributed by atoms with E-state index >= 15 is 0 Å². The lowest BCUT2D eigenvalue weighted by Gasteiger charge is -2.08. The number of rotatable bonds is 6. The Labute approximate surface area is 123 Å². The van der Waals surface area contributed by atoms with Crippen LogP contribution in [0.5, 0.6) is 0 Å². The Bertz CT molecular complexity index is 624. The molecule has 1 N–H and O–H groups in total. The van der Waals surface area contributed by atoms with E-state index in [0.717, 1.165) is 18.5 Å². The Balaban J connectivity index is 2.26. The zero-order valence-corrected chi connectivity index (χ0v) is 12.5. The molecule has 112 valence electrons. The summed E-state index contributed by atoms with van der Waals surface area (Å²) in [6.45, 7) is 6.87. The number of nitrogens with zero attached hydrogens (tertiary/aromatic N) is 4. The molecule has 2 aromatic heterocycles. The van der Waals surface area contributed by atoms with Gasteiger partial charge in [0.25, 0.3) is 0 Å². The zero-order chi connectivity index (χ0) is 15.2. The molecule has 2 heterocycles. The fourth-order valence-electron chi connectivity index (χ4n) is 1.75. The van der Waals surface area contributed by atoms with E-state index in [2.05, 4.69) is 27.3 Å². The molecule has 7 heteroatoms. The molecule has 0 saturated heterocycles. The Morgan fingerprint density at radius 2 is 2.19 bits per heavy atom. The summed E-state index contributed by atoms with van der Waals surface area (Å²) in [4.78, 5) is 20.3. The van der Waals surface area contributed by atoms with Crippen LogP contribution in [0, 0.1) is 6.92 Å². The van der Waals surface area contributed by atoms with Gasteiger partial charge in [-0.2, -0.15) is 10.1 Å². The van der Waals surface area contributed by atoms with Gasteiger partial charge in [0, 0.05) is 24.5 Å². The van der Waals surface area contributed by atoms with Crippen molar-refractivity contribution in [1.29, 1.82) is 0 Å². The molecular weight excluding hydrogens is 270 g/mol. The van der Waals surface area contributed by atoms with E-state index in [1.165, 1.54) is 6.20 Å². The van der Waals surface area contributed by atoms with Crippen LogP contribution < -0.4 is 5.32 Å². The number of hydrogen-bond donors (Lipinski definition) is 1. The fraction of sp³-hybridized carbons (Fsp3) is 0.429. The van der Waals surface area contributed by atoms with E-state index in [0.29, 0.717) is 23.9 Å². The van der Waals surface area contributed by atoms with Gasteiger partial charge in [0.15, 0.2) is 5.82 Å². The van der Waals surface area contributed by atoms with Gasteiger partial charge in [-0.1, -0.05) is 6.92 Å². The molecule has 0 aliphatic carbocycles. The number of carbonyl (C=O) groups excluding carboxylic acids is 1. The summed E-state index contributed by atoms with van der Waals surface area (Å²) in [6.07, 6.45) is 5.79. The average Bonchev–Trinajstić information content (AvgIpc) is 2.96. The monoisotopic (exact) mass is 289 g/mol. The maximum atomic E-state index is 11.7. The second-order valence-corrected chi connectivity index (χ2v) is 4.52. The molecule has 7 nitrogen and oxygen atoms in total. The summed E-state index contributed by atoms with van der Waals surface area (Å²) in [5, 5.41) is 7.30. The molecule has 0 fully saturated rings. The minimum Gasteiger partial charge on any atom is -0.462 e. The van der Waals surface area contributed by atoms with Crippen LogP contribution in [0.4, 0.5) is 5.95 Å². The number of aromatic nitrogens is 4. The molecule has 0 amide bonds. The van der Waals surface area contributed by atoms with Crippen molar-refractivity contribution in [2.24, 2.45) is 0 Å². The van der Waals surface area contributed by atoms with Crippen LogP contribution in [-0.4, -0.2) is 38.9 Å². The van der Waals surface area contributed by atoms with E-state index in [-0.39, 0.29) is 5.97 Å². The van der Waals surface area contributed by atoms with Gasteiger partial charge in [0.05, 0.1) is 18.4 Å². The van der Waals surface area contributed by atoms with Crippen LogP contribution in [0.1, 0.15) is 36.2 Å². The Hall–Kier alpha value is -2.44. The summed E-state index contributed by atoms with van der Waals surface area (Å²) in [6, 6.07) is 0. The lowest BCUT2D eigenvalue weighted by molar-refractivity contribution is 0.0526. The van der Waals surface area contributed by atoms with E-state index in [1.807, 2.05) is 6.92 Å². The predicted octanol–water partition coefficient (Wildman–Crippen LogP) is 1.97. The summed E-state index contributed by atoms with van der Waals surface area (Å²) >= 11 is 0. The van der Waals surface area contributed by atoms with Crippen molar-refractivity contribution in [3.63, 3.8) is 0 Å². The SMILES string of the molecule is CCCNc1ncc(C)c(-n2cc(C(=O)OCC)cn2)n1. The quantitative estimate of drug-likeness (QED) is 0.819. The Morgan fingerprint density at radius 1 is 1.38 bits per heavy atom. The predicted molar refractivity (Wildman–Crippen MR) is 78.6 cm³/mol. The van der Waals surface area contributed by atoms with Gasteiger partial charge in [-0.05, 0) is 20.3 Å². The van der Waals surface area contributed by atoms with Crippen LogP contribution >= 0.6 is 0 Å². The van der Waals surface area contributed by atoms with Gasteiger partial charge in [0.2, 0.25) is 5.95 Å². The van der Waals surface area contributed by atoms with Gasteiger partial charge in [-0.3, -0.25) is 0 Å². The largest absolute Gasteiger partial charge is 0.462 e. The van der Waals surface area contributed by atoms with E-state index < -0.39 is 0 Å². The fourth-order valence-corrected chi connectivity index (χ4v) is 1.75. The molecule has 0 saturated carbocycles. The summed E-state index contributed by atoms with van der Waals surface area (Å²) < 4.78 is 6.50. The van der Waals surface area contributed by atoms with Gasteiger partial charge >= 0.3 is 5.97 Å². The van der Waals surface area contributed by atoms with Gasteiger partial charge in [-0.25, -0.2) is 14.5 Å². The van der Waals surface area contributed by atoms with Gasteiger partial charge in [-0.15, -0.1) is 0 Å². The second kappa shape index (κ2) is 6.83. The summed E-state index contributed by atoms with van der Waals surface area (Å²) in [7, 11) is 0. The highest BCUT2D eigenvalue weighted by molar-refractivity contribution is 5.88. The van der Waals surface area contributed by atoms with Crippen LogP contribution in [-0.2, 0) is 4.74 Å². The van der Waals surface area contributed by atoms with Crippen molar-refractivity contribution in [2.75, 3.05) is 18.5 Å². The topological polar surface area (TPSA) is 81.9 Å². The Morgan fingerprint density at radius 3 is 2.90 bits per heavy atom. The van der Waals surface area contributed by atoms with Crippen molar-refractivity contribution in [2.45, 2.75) is 27.2 Å². The van der Waals surface area contributed by atoms with E-state index in [9.17, 15) is 4.79 Å². The summed E-state index contributed by atoms with van der Waals surface area (Å²) in [5.41, 5.74) is 1.27. The lowest BCUT2D eigenvalue weighted by Crippen LogP contribution is -2.09. The standard InChI is InChI=1S/C14H19N5O2/c1-4-6-15-14-16-7-10(3)12(18-14)19-9-11(8-17-19)13(20)21-5-2/h7-9H,4-6H2,1-3H3,(H,15,16,18). The second-order valence-electron chi connectivity index (χ2n) is 4.52. The minimum atomic E-state index is -0.389. The van der Waals surface area contributed by atoms with Crippen molar-refractivity contribution in [3.8, 4) is 5.82 Å². The molecule has 0 atom stereocenters. The number of aryl methyl sites for hydroxylation is 1. The maximum absolute atomic E-state index is 11.7. The highest BCUT2D eigenvalue weighted by Gasteiger charge is 2.12.